The van der Waals surface area contributed by atoms with Gasteiger partial charge in [0.05, 0.1) is 24.6 Å². The monoisotopic (exact) mass is 505 g/mol. The minimum atomic E-state index is -0.957. The second kappa shape index (κ2) is 10.7. The molecular formula is C29H35N3O5. The van der Waals surface area contributed by atoms with Gasteiger partial charge in [-0.2, -0.15) is 0 Å². The zero-order chi connectivity index (χ0) is 26.7. The summed E-state index contributed by atoms with van der Waals surface area (Å²) in [6.07, 6.45) is 6.71. The van der Waals surface area contributed by atoms with Crippen LogP contribution in [0.15, 0.2) is 36.8 Å². The number of esters is 1. The minimum Gasteiger partial charge on any atom is -0.506 e. The molecule has 196 valence electrons. The Hall–Kier alpha value is -3.81. The van der Waals surface area contributed by atoms with Crippen LogP contribution >= 0.6 is 0 Å². The summed E-state index contributed by atoms with van der Waals surface area (Å²) in [5, 5.41) is 14.4. The van der Waals surface area contributed by atoms with Crippen molar-refractivity contribution >= 4 is 11.9 Å². The maximum atomic E-state index is 13.7. The lowest BCUT2D eigenvalue weighted by molar-refractivity contribution is -0.142. The number of amides is 1. The molecule has 2 heterocycles. The van der Waals surface area contributed by atoms with Crippen molar-refractivity contribution in [1.82, 2.24) is 15.3 Å². The summed E-state index contributed by atoms with van der Waals surface area (Å²) in [7, 11) is 1.28. The van der Waals surface area contributed by atoms with E-state index in [1.165, 1.54) is 13.4 Å². The van der Waals surface area contributed by atoms with Gasteiger partial charge in [0.2, 0.25) is 0 Å². The van der Waals surface area contributed by atoms with Crippen molar-refractivity contribution in [2.45, 2.75) is 71.4 Å². The number of methoxy groups -OCH3 is 1. The maximum absolute atomic E-state index is 13.7. The van der Waals surface area contributed by atoms with Gasteiger partial charge in [-0.15, -0.1) is 0 Å². The predicted octanol–water partition coefficient (Wildman–Crippen LogP) is 4.97. The van der Waals surface area contributed by atoms with Crippen LogP contribution in [0.1, 0.15) is 72.8 Å². The number of unbranched alkanes of at least 4 members (excludes halogenated alkanes) is 2. The van der Waals surface area contributed by atoms with Crippen LogP contribution in [-0.4, -0.2) is 40.1 Å². The summed E-state index contributed by atoms with van der Waals surface area (Å²) in [5.41, 5.74) is 4.19. The first-order valence-electron chi connectivity index (χ1n) is 12.7. The van der Waals surface area contributed by atoms with Crippen LogP contribution in [0.3, 0.4) is 0 Å². The van der Waals surface area contributed by atoms with Crippen molar-refractivity contribution in [2.75, 3.05) is 7.11 Å². The molecule has 1 aliphatic heterocycles. The molecule has 2 aromatic carbocycles. The summed E-state index contributed by atoms with van der Waals surface area (Å²) in [5.74, 6) is -0.723. The van der Waals surface area contributed by atoms with E-state index in [1.54, 1.807) is 6.20 Å². The molecule has 0 saturated heterocycles. The lowest BCUT2D eigenvalue weighted by Gasteiger charge is -2.36. The number of aromatic amines is 1. The van der Waals surface area contributed by atoms with Crippen LogP contribution in [0.4, 0.5) is 0 Å². The van der Waals surface area contributed by atoms with Crippen molar-refractivity contribution in [3.05, 3.63) is 64.7 Å². The number of imidazole rings is 1. The van der Waals surface area contributed by atoms with E-state index in [2.05, 4.69) is 22.2 Å². The number of rotatable bonds is 9. The molecule has 1 amide bonds. The molecule has 4 rings (SSSR count). The quantitative estimate of drug-likeness (QED) is 0.280. The second-order valence-corrected chi connectivity index (χ2v) is 10.1. The number of nitrogens with one attached hydrogen (secondary N) is 2. The molecule has 1 atom stereocenters. The van der Waals surface area contributed by atoms with Crippen LogP contribution in [0.2, 0.25) is 0 Å². The van der Waals surface area contributed by atoms with E-state index in [0.29, 0.717) is 29.0 Å². The number of benzene rings is 2. The van der Waals surface area contributed by atoms with Gasteiger partial charge in [-0.25, -0.2) is 9.78 Å². The number of ether oxygens (including phenoxy) is 2. The number of carbonyl (C=O) groups excluding carboxylic acids is 2. The summed E-state index contributed by atoms with van der Waals surface area (Å²) in [6.45, 7) is 8.09. The fourth-order valence-electron chi connectivity index (χ4n) is 4.96. The predicted molar refractivity (Wildman–Crippen MR) is 141 cm³/mol. The molecule has 1 aliphatic rings. The Kier molecular flexibility index (Phi) is 7.57. The number of nitrogens with zero attached hydrogens (tertiary/aromatic N) is 1. The van der Waals surface area contributed by atoms with E-state index in [1.807, 2.05) is 45.0 Å². The van der Waals surface area contributed by atoms with Crippen LogP contribution in [0, 0.1) is 6.92 Å². The lowest BCUT2D eigenvalue weighted by atomic mass is 9.83. The highest BCUT2D eigenvalue weighted by Crippen LogP contribution is 2.51. The zero-order valence-corrected chi connectivity index (χ0v) is 22.1. The van der Waals surface area contributed by atoms with Crippen LogP contribution in [0.25, 0.3) is 11.1 Å². The van der Waals surface area contributed by atoms with Crippen molar-refractivity contribution < 1.29 is 24.2 Å². The highest BCUT2D eigenvalue weighted by Gasteiger charge is 2.37. The molecular weight excluding hydrogens is 470 g/mol. The molecule has 0 spiro atoms. The van der Waals surface area contributed by atoms with Gasteiger partial charge >= 0.3 is 5.97 Å². The number of fused-ring (bicyclic) bond motifs is 3. The van der Waals surface area contributed by atoms with Crippen LogP contribution in [0.5, 0.6) is 11.5 Å². The molecule has 3 aromatic rings. The normalized spacial score (nSPS) is 14.2. The summed E-state index contributed by atoms with van der Waals surface area (Å²) < 4.78 is 11.3. The number of hydrogen-bond acceptors (Lipinski definition) is 6. The van der Waals surface area contributed by atoms with Crippen LogP contribution < -0.4 is 10.1 Å². The number of H-pyrrole nitrogens is 1. The molecule has 37 heavy (non-hydrogen) atoms. The number of hydrogen-bond donors (Lipinski definition) is 3. The highest BCUT2D eigenvalue weighted by atomic mass is 16.5. The molecule has 1 aromatic heterocycles. The number of phenolic OH excluding ortho intramolecular Hbond substituents is 1. The minimum absolute atomic E-state index is 0.144. The van der Waals surface area contributed by atoms with Crippen molar-refractivity contribution in [3.8, 4) is 22.6 Å². The summed E-state index contributed by atoms with van der Waals surface area (Å²) in [4.78, 5) is 33.2. The number of aryl methyl sites for hydroxylation is 2. The smallest absolute Gasteiger partial charge is 0.328 e. The van der Waals surface area contributed by atoms with Gasteiger partial charge in [0.15, 0.2) is 0 Å². The number of aromatic hydroxyl groups is 1. The Labute approximate surface area is 217 Å². The van der Waals surface area contributed by atoms with Crippen molar-refractivity contribution in [3.63, 3.8) is 0 Å². The number of phenols is 1. The fraction of sp³-hybridized carbons (Fsp3) is 0.414. The Morgan fingerprint density at radius 1 is 1.24 bits per heavy atom. The van der Waals surface area contributed by atoms with Crippen molar-refractivity contribution in [2.24, 2.45) is 0 Å². The van der Waals surface area contributed by atoms with E-state index in [-0.39, 0.29) is 17.7 Å². The molecule has 8 heteroatoms. The first-order chi connectivity index (χ1) is 17.7. The average Bonchev–Trinajstić information content (AvgIpc) is 3.35. The zero-order valence-electron chi connectivity index (χ0n) is 22.1. The van der Waals surface area contributed by atoms with E-state index in [4.69, 9.17) is 9.47 Å². The Morgan fingerprint density at radius 3 is 2.70 bits per heavy atom. The molecule has 0 radical (unpaired) electrons. The average molecular weight is 506 g/mol. The highest BCUT2D eigenvalue weighted by molar-refractivity contribution is 6.03. The van der Waals surface area contributed by atoms with Gasteiger partial charge in [-0.05, 0) is 50.8 Å². The van der Waals surface area contributed by atoms with Crippen molar-refractivity contribution in [1.29, 1.82) is 0 Å². The number of aromatic nitrogens is 2. The van der Waals surface area contributed by atoms with E-state index in [9.17, 15) is 14.7 Å². The van der Waals surface area contributed by atoms with Gasteiger partial charge in [-0.1, -0.05) is 43.5 Å². The van der Waals surface area contributed by atoms with Gasteiger partial charge in [0.25, 0.3) is 5.91 Å². The Balaban J connectivity index is 1.81. The second-order valence-electron chi connectivity index (χ2n) is 10.1. The Bertz CT molecular complexity index is 1300. The standard InChI is InChI=1S/C29H35N3O5/c1-6-7-8-9-18-13-23-25(20-12-17(2)10-11-21(20)29(3,4)37-23)26(33)24(18)27(34)32-22(28(35)36-5)14-19-15-30-16-31-19/h10-13,15-16,22,33H,6-9,14H2,1-5H3,(H,30,31)(H,32,34)/t22-/m0/s1. The first-order valence-corrected chi connectivity index (χ1v) is 12.7. The molecule has 0 unspecified atom stereocenters. The molecule has 8 nitrogen and oxygen atoms in total. The molecule has 3 N–H and O–H groups in total. The van der Waals surface area contributed by atoms with Gasteiger partial charge in [0, 0.05) is 23.9 Å². The Morgan fingerprint density at radius 2 is 2.03 bits per heavy atom. The molecule has 0 fully saturated rings. The molecule has 0 saturated carbocycles. The third-order valence-corrected chi connectivity index (χ3v) is 6.85. The van der Waals surface area contributed by atoms with E-state index in [0.717, 1.165) is 36.0 Å². The van der Waals surface area contributed by atoms with Crippen LogP contribution in [-0.2, 0) is 28.0 Å². The van der Waals surface area contributed by atoms with E-state index >= 15 is 0 Å². The SMILES string of the molecule is CCCCCc1cc2c(c(O)c1C(=O)N[C@@H](Cc1cnc[nH]1)C(=O)OC)-c1cc(C)ccc1C(C)(C)O2. The maximum Gasteiger partial charge on any atom is 0.328 e. The topological polar surface area (TPSA) is 114 Å². The van der Waals surface area contributed by atoms with Gasteiger partial charge < -0.3 is 24.9 Å². The lowest BCUT2D eigenvalue weighted by Crippen LogP contribution is -2.43. The molecule has 0 aliphatic carbocycles. The third-order valence-electron chi connectivity index (χ3n) is 6.85. The third kappa shape index (κ3) is 5.33. The largest absolute Gasteiger partial charge is 0.506 e. The first kappa shape index (κ1) is 26.3. The number of carbonyl (C=O) groups is 2. The van der Waals surface area contributed by atoms with E-state index < -0.39 is 23.5 Å². The van der Waals surface area contributed by atoms with Gasteiger partial charge in [-0.3, -0.25) is 4.79 Å². The summed E-state index contributed by atoms with van der Waals surface area (Å²) in [6, 6.07) is 6.93. The fourth-order valence-corrected chi connectivity index (χ4v) is 4.96. The molecule has 0 bridgehead atoms. The summed E-state index contributed by atoms with van der Waals surface area (Å²) >= 11 is 0. The van der Waals surface area contributed by atoms with Gasteiger partial charge in [0.1, 0.15) is 23.1 Å².